The summed E-state index contributed by atoms with van der Waals surface area (Å²) in [6, 6.07) is 7.04. The molecule has 0 atom stereocenters. The first kappa shape index (κ1) is 14.7. The van der Waals surface area contributed by atoms with Crippen LogP contribution in [0, 0.1) is 6.92 Å². The van der Waals surface area contributed by atoms with Gasteiger partial charge in [-0.1, -0.05) is 5.16 Å². The predicted molar refractivity (Wildman–Crippen MR) is 80.9 cm³/mol. The van der Waals surface area contributed by atoms with E-state index in [2.05, 4.69) is 15.6 Å². The van der Waals surface area contributed by atoms with Crippen molar-refractivity contribution in [2.24, 2.45) is 17.9 Å². The van der Waals surface area contributed by atoms with Crippen molar-refractivity contribution < 1.29 is 9.94 Å². The molecule has 0 saturated carbocycles. The Morgan fingerprint density at radius 2 is 2.14 bits per heavy atom. The Morgan fingerprint density at radius 3 is 2.71 bits per heavy atom. The molecule has 2 rings (SSSR count). The number of hydrogen-bond acceptors (Lipinski definition) is 5. The summed E-state index contributed by atoms with van der Waals surface area (Å²) < 4.78 is 7.38. The molecule has 0 aliphatic heterocycles. The van der Waals surface area contributed by atoms with Crippen molar-refractivity contribution in [1.29, 1.82) is 0 Å². The third-order valence-corrected chi connectivity index (χ3v) is 2.96. The first-order valence-corrected chi connectivity index (χ1v) is 6.55. The molecule has 0 aliphatic rings. The van der Waals surface area contributed by atoms with Gasteiger partial charge >= 0.3 is 0 Å². The number of oxime groups is 1. The summed E-state index contributed by atoms with van der Waals surface area (Å²) in [5.74, 6) is 0.810. The van der Waals surface area contributed by atoms with Gasteiger partial charge < -0.3 is 21.0 Å². The quantitative estimate of drug-likeness (QED) is 0.245. The molecule has 2 aromatic rings. The Labute approximate surface area is 123 Å². The van der Waals surface area contributed by atoms with Crippen molar-refractivity contribution in [3.63, 3.8) is 0 Å². The van der Waals surface area contributed by atoms with Gasteiger partial charge in [0.1, 0.15) is 12.4 Å². The average molecular weight is 289 g/mol. The van der Waals surface area contributed by atoms with Crippen LogP contribution in [0.25, 0.3) is 0 Å². The smallest absolute Gasteiger partial charge is 0.170 e. The second kappa shape index (κ2) is 6.65. The van der Waals surface area contributed by atoms with E-state index in [-0.39, 0.29) is 5.84 Å². The topological polar surface area (TPSA) is 97.7 Å². The van der Waals surface area contributed by atoms with E-state index in [0.29, 0.717) is 18.7 Å². The number of amidine groups is 1. The van der Waals surface area contributed by atoms with Crippen LogP contribution in [-0.4, -0.2) is 34.0 Å². The summed E-state index contributed by atoms with van der Waals surface area (Å²) in [6.45, 7) is 3.15. The van der Waals surface area contributed by atoms with E-state index in [4.69, 9.17) is 15.7 Å². The highest BCUT2D eigenvalue weighted by Gasteiger charge is 2.02. The summed E-state index contributed by atoms with van der Waals surface area (Å²) in [4.78, 5) is 0. The van der Waals surface area contributed by atoms with Gasteiger partial charge in [0.2, 0.25) is 0 Å². The van der Waals surface area contributed by atoms with Crippen LogP contribution in [0.5, 0.6) is 5.75 Å². The number of rotatable bonds is 6. The van der Waals surface area contributed by atoms with E-state index < -0.39 is 0 Å². The van der Waals surface area contributed by atoms with Gasteiger partial charge in [0.15, 0.2) is 5.84 Å². The summed E-state index contributed by atoms with van der Waals surface area (Å²) in [7, 11) is 1.89. The minimum atomic E-state index is 0.0790. The van der Waals surface area contributed by atoms with Crippen LogP contribution < -0.4 is 15.8 Å². The summed E-state index contributed by atoms with van der Waals surface area (Å²) in [5.41, 5.74) is 8.10. The predicted octanol–water partition coefficient (Wildman–Crippen LogP) is 1.31. The molecular weight excluding hydrogens is 270 g/mol. The zero-order valence-corrected chi connectivity index (χ0v) is 12.1. The number of aryl methyl sites for hydroxylation is 2. The van der Waals surface area contributed by atoms with E-state index in [9.17, 15) is 0 Å². The molecule has 4 N–H and O–H groups in total. The average Bonchev–Trinajstić information content (AvgIpc) is 2.81. The molecule has 0 unspecified atom stereocenters. The first-order chi connectivity index (χ1) is 10.1. The zero-order valence-electron chi connectivity index (χ0n) is 12.1. The van der Waals surface area contributed by atoms with Crippen LogP contribution >= 0.6 is 0 Å². The van der Waals surface area contributed by atoms with E-state index in [1.807, 2.05) is 20.2 Å². The van der Waals surface area contributed by atoms with Gasteiger partial charge in [-0.3, -0.25) is 4.68 Å². The number of aromatic nitrogens is 2. The van der Waals surface area contributed by atoms with Gasteiger partial charge in [-0.15, -0.1) is 0 Å². The summed E-state index contributed by atoms with van der Waals surface area (Å²) >= 11 is 0. The van der Waals surface area contributed by atoms with Crippen molar-refractivity contribution in [3.05, 3.63) is 41.7 Å². The molecule has 7 nitrogen and oxygen atoms in total. The molecule has 0 amide bonds. The monoisotopic (exact) mass is 289 g/mol. The van der Waals surface area contributed by atoms with Crippen molar-refractivity contribution >= 4 is 11.5 Å². The minimum absolute atomic E-state index is 0.0790. The van der Waals surface area contributed by atoms with Crippen LogP contribution in [0.2, 0.25) is 0 Å². The fourth-order valence-electron chi connectivity index (χ4n) is 1.91. The normalized spacial score (nSPS) is 11.4. The van der Waals surface area contributed by atoms with Gasteiger partial charge in [-0.2, -0.15) is 5.10 Å². The fraction of sp³-hybridized carbons (Fsp3) is 0.286. The lowest BCUT2D eigenvalue weighted by Gasteiger charge is -2.08. The fourth-order valence-corrected chi connectivity index (χ4v) is 1.91. The molecule has 1 aromatic carbocycles. The standard InChI is InChI=1S/C14H19N5O2/c1-10-13(9-19(2)17-10)16-7-8-21-12-5-3-11(4-6-12)14(15)18-20/h3-6,9,16,20H,7-8H2,1-2H3,(H2,15,18). The van der Waals surface area contributed by atoms with Crippen molar-refractivity contribution in [2.45, 2.75) is 6.92 Å². The number of ether oxygens (including phenoxy) is 1. The Hall–Kier alpha value is -2.70. The highest BCUT2D eigenvalue weighted by atomic mass is 16.5. The van der Waals surface area contributed by atoms with Crippen molar-refractivity contribution in [3.8, 4) is 5.75 Å². The molecule has 1 aromatic heterocycles. The molecule has 0 bridgehead atoms. The van der Waals surface area contributed by atoms with Gasteiger partial charge in [-0.25, -0.2) is 0 Å². The molecule has 112 valence electrons. The summed E-state index contributed by atoms with van der Waals surface area (Å²) in [6.07, 6.45) is 1.93. The lowest BCUT2D eigenvalue weighted by Crippen LogP contribution is -2.13. The molecule has 0 radical (unpaired) electrons. The second-order valence-electron chi connectivity index (χ2n) is 4.59. The third-order valence-electron chi connectivity index (χ3n) is 2.96. The number of benzene rings is 1. The SMILES string of the molecule is Cc1nn(C)cc1NCCOc1ccc(/C(N)=N/O)cc1. The van der Waals surface area contributed by atoms with Crippen LogP contribution in [0.15, 0.2) is 35.6 Å². The number of nitrogens with zero attached hydrogens (tertiary/aromatic N) is 3. The Balaban J connectivity index is 1.80. The third kappa shape index (κ3) is 3.88. The van der Waals surface area contributed by atoms with Gasteiger partial charge in [0.25, 0.3) is 0 Å². The molecular formula is C14H19N5O2. The van der Waals surface area contributed by atoms with Crippen LogP contribution in [0.1, 0.15) is 11.3 Å². The highest BCUT2D eigenvalue weighted by molar-refractivity contribution is 5.97. The van der Waals surface area contributed by atoms with Crippen molar-refractivity contribution in [2.75, 3.05) is 18.5 Å². The Kier molecular flexibility index (Phi) is 4.65. The lowest BCUT2D eigenvalue weighted by atomic mass is 10.2. The van der Waals surface area contributed by atoms with Crippen molar-refractivity contribution in [1.82, 2.24) is 9.78 Å². The molecule has 0 fully saturated rings. The maximum absolute atomic E-state index is 8.58. The number of nitrogens with one attached hydrogen (secondary N) is 1. The number of hydrogen-bond donors (Lipinski definition) is 3. The van der Waals surface area contributed by atoms with Crippen LogP contribution in [0.4, 0.5) is 5.69 Å². The molecule has 1 heterocycles. The maximum atomic E-state index is 8.58. The van der Waals surface area contributed by atoms with Gasteiger partial charge in [-0.05, 0) is 31.2 Å². The number of nitrogens with two attached hydrogens (primary N) is 1. The van der Waals surface area contributed by atoms with E-state index >= 15 is 0 Å². The largest absolute Gasteiger partial charge is 0.492 e. The van der Waals surface area contributed by atoms with Gasteiger partial charge in [0.05, 0.1) is 11.4 Å². The molecule has 0 spiro atoms. The number of anilines is 1. The highest BCUT2D eigenvalue weighted by Crippen LogP contribution is 2.13. The molecule has 21 heavy (non-hydrogen) atoms. The minimum Gasteiger partial charge on any atom is -0.492 e. The Bertz CT molecular complexity index is 619. The molecule has 0 saturated heterocycles. The van der Waals surface area contributed by atoms with Crippen LogP contribution in [0.3, 0.4) is 0 Å². The summed E-state index contributed by atoms with van der Waals surface area (Å²) in [5, 5.41) is 19.0. The first-order valence-electron chi connectivity index (χ1n) is 6.55. The maximum Gasteiger partial charge on any atom is 0.170 e. The zero-order chi connectivity index (χ0) is 15.2. The van der Waals surface area contributed by atoms with E-state index in [0.717, 1.165) is 17.1 Å². The molecule has 7 heteroatoms. The van der Waals surface area contributed by atoms with E-state index in [1.165, 1.54) is 0 Å². The lowest BCUT2D eigenvalue weighted by molar-refractivity contribution is 0.318. The van der Waals surface area contributed by atoms with E-state index in [1.54, 1.807) is 28.9 Å². The molecule has 0 aliphatic carbocycles. The van der Waals surface area contributed by atoms with Gasteiger partial charge in [0, 0.05) is 25.4 Å². The van der Waals surface area contributed by atoms with Crippen LogP contribution in [-0.2, 0) is 7.05 Å². The second-order valence-corrected chi connectivity index (χ2v) is 4.59. The Morgan fingerprint density at radius 1 is 1.43 bits per heavy atom.